The number of ether oxygens (including phenoxy) is 1. The molecule has 0 bridgehead atoms. The van der Waals surface area contributed by atoms with Gasteiger partial charge in [0.1, 0.15) is 5.82 Å². The maximum absolute atomic E-state index is 5.59. The zero-order valence-corrected chi connectivity index (χ0v) is 11.2. The van der Waals surface area contributed by atoms with Gasteiger partial charge in [-0.2, -0.15) is 5.10 Å². The number of aryl methyl sites for hydroxylation is 2. The van der Waals surface area contributed by atoms with Crippen LogP contribution in [-0.4, -0.2) is 42.6 Å². The van der Waals surface area contributed by atoms with Crippen molar-refractivity contribution in [1.29, 1.82) is 0 Å². The average Bonchev–Trinajstić information content (AvgIpc) is 2.54. The fraction of sp³-hybridized carbons (Fsp3) is 0.750. The van der Waals surface area contributed by atoms with Gasteiger partial charge >= 0.3 is 0 Å². The largest absolute Gasteiger partial charge is 0.375 e. The van der Waals surface area contributed by atoms with Crippen molar-refractivity contribution in [3.05, 3.63) is 11.3 Å². The van der Waals surface area contributed by atoms with Crippen molar-refractivity contribution in [3.63, 3.8) is 0 Å². The van der Waals surface area contributed by atoms with Gasteiger partial charge in [-0.1, -0.05) is 0 Å². The van der Waals surface area contributed by atoms with Crippen molar-refractivity contribution in [2.75, 3.05) is 31.6 Å². The van der Waals surface area contributed by atoms with Gasteiger partial charge in [0, 0.05) is 32.2 Å². The first kappa shape index (κ1) is 12.4. The van der Waals surface area contributed by atoms with Crippen LogP contribution in [0.5, 0.6) is 0 Å². The third-order valence-corrected chi connectivity index (χ3v) is 3.21. The highest BCUT2D eigenvalue weighted by Gasteiger charge is 2.23. The van der Waals surface area contributed by atoms with E-state index in [1.165, 1.54) is 11.4 Å². The molecule has 1 saturated heterocycles. The summed E-state index contributed by atoms with van der Waals surface area (Å²) in [5.41, 5.74) is 2.40. The minimum Gasteiger partial charge on any atom is -0.375 e. The Bertz CT molecular complexity index is 388. The van der Waals surface area contributed by atoms with Crippen molar-refractivity contribution >= 4 is 5.82 Å². The quantitative estimate of drug-likeness (QED) is 0.840. The molecule has 1 aromatic heterocycles. The van der Waals surface area contributed by atoms with E-state index in [0.29, 0.717) is 6.10 Å². The monoisotopic (exact) mass is 238 g/mol. The molecular formula is C12H22N4O. The zero-order valence-electron chi connectivity index (χ0n) is 11.2. The van der Waals surface area contributed by atoms with E-state index in [1.807, 2.05) is 18.8 Å². The van der Waals surface area contributed by atoms with Crippen molar-refractivity contribution in [2.45, 2.75) is 26.5 Å². The van der Waals surface area contributed by atoms with Crippen molar-refractivity contribution in [2.24, 2.45) is 7.05 Å². The number of aromatic nitrogens is 2. The molecule has 5 nitrogen and oxygen atoms in total. The van der Waals surface area contributed by atoms with Crippen LogP contribution in [-0.2, 0) is 18.3 Å². The summed E-state index contributed by atoms with van der Waals surface area (Å²) in [6.07, 6.45) is 0.293. The zero-order chi connectivity index (χ0) is 12.4. The molecule has 0 amide bonds. The Balaban J connectivity index is 2.29. The molecule has 0 aliphatic carbocycles. The lowest BCUT2D eigenvalue weighted by Crippen LogP contribution is -2.42. The Hall–Kier alpha value is -1.07. The second-order valence-corrected chi connectivity index (χ2v) is 4.67. The van der Waals surface area contributed by atoms with Crippen molar-refractivity contribution in [1.82, 2.24) is 15.1 Å². The molecule has 1 N–H and O–H groups in total. The molecule has 1 atom stereocenters. The third-order valence-electron chi connectivity index (χ3n) is 3.21. The fourth-order valence-electron chi connectivity index (χ4n) is 2.48. The normalized spacial score (nSPS) is 20.9. The van der Waals surface area contributed by atoms with Gasteiger partial charge in [-0.25, -0.2) is 0 Å². The highest BCUT2D eigenvalue weighted by molar-refractivity contribution is 5.50. The summed E-state index contributed by atoms with van der Waals surface area (Å²) in [6.45, 7) is 7.73. The van der Waals surface area contributed by atoms with Crippen LogP contribution in [0.3, 0.4) is 0 Å². The predicted octanol–water partition coefficient (Wildman–Crippen LogP) is 0.673. The van der Waals surface area contributed by atoms with Crippen LogP contribution in [0.4, 0.5) is 5.82 Å². The topological polar surface area (TPSA) is 42.3 Å². The molecule has 1 unspecified atom stereocenters. The van der Waals surface area contributed by atoms with Crippen molar-refractivity contribution < 1.29 is 4.74 Å². The molecule has 2 heterocycles. The molecule has 17 heavy (non-hydrogen) atoms. The molecule has 2 rings (SSSR count). The van der Waals surface area contributed by atoms with E-state index in [1.54, 1.807) is 0 Å². The van der Waals surface area contributed by atoms with Gasteiger partial charge in [-0.3, -0.25) is 4.68 Å². The molecule has 1 aliphatic rings. The Labute approximate surface area is 103 Å². The number of hydrogen-bond acceptors (Lipinski definition) is 4. The smallest absolute Gasteiger partial charge is 0.131 e. The fourth-order valence-corrected chi connectivity index (χ4v) is 2.48. The molecule has 0 aromatic carbocycles. The first-order chi connectivity index (χ1) is 8.13. The van der Waals surface area contributed by atoms with Crippen LogP contribution in [0.15, 0.2) is 0 Å². The maximum atomic E-state index is 5.59. The molecule has 5 heteroatoms. The molecule has 0 radical (unpaired) electrons. The second-order valence-electron chi connectivity index (χ2n) is 4.67. The summed E-state index contributed by atoms with van der Waals surface area (Å²) in [5, 5.41) is 7.74. The Morgan fingerprint density at radius 3 is 2.94 bits per heavy atom. The summed E-state index contributed by atoms with van der Waals surface area (Å²) < 4.78 is 7.58. The van der Waals surface area contributed by atoms with E-state index in [9.17, 15) is 0 Å². The molecule has 0 spiro atoms. The van der Waals surface area contributed by atoms with Crippen LogP contribution in [0.1, 0.15) is 18.2 Å². The van der Waals surface area contributed by atoms with Gasteiger partial charge in [-0.05, 0) is 20.9 Å². The van der Waals surface area contributed by atoms with E-state index in [4.69, 9.17) is 4.74 Å². The van der Waals surface area contributed by atoms with E-state index < -0.39 is 0 Å². The molecule has 1 aliphatic heterocycles. The summed E-state index contributed by atoms with van der Waals surface area (Å²) in [4.78, 5) is 2.38. The van der Waals surface area contributed by atoms with Gasteiger partial charge < -0.3 is 15.0 Å². The van der Waals surface area contributed by atoms with E-state index in [2.05, 4.69) is 29.2 Å². The van der Waals surface area contributed by atoms with Crippen LogP contribution >= 0.6 is 0 Å². The number of hydrogen-bond donors (Lipinski definition) is 1. The molecule has 0 saturated carbocycles. The van der Waals surface area contributed by atoms with Crippen LogP contribution in [0.2, 0.25) is 0 Å². The first-order valence-electron chi connectivity index (χ1n) is 6.17. The minimum atomic E-state index is 0.293. The molecular weight excluding hydrogens is 216 g/mol. The lowest BCUT2D eigenvalue weighted by molar-refractivity contribution is 0.0526. The second kappa shape index (κ2) is 5.06. The highest BCUT2D eigenvalue weighted by Crippen LogP contribution is 2.24. The first-order valence-corrected chi connectivity index (χ1v) is 6.17. The average molecular weight is 238 g/mol. The van der Waals surface area contributed by atoms with E-state index in [0.717, 1.165) is 31.9 Å². The minimum absolute atomic E-state index is 0.293. The number of nitrogens with one attached hydrogen (secondary N) is 1. The van der Waals surface area contributed by atoms with Gasteiger partial charge in [0.15, 0.2) is 0 Å². The maximum Gasteiger partial charge on any atom is 0.131 e. The van der Waals surface area contributed by atoms with Gasteiger partial charge in [0.05, 0.1) is 18.4 Å². The Morgan fingerprint density at radius 1 is 1.53 bits per heavy atom. The predicted molar refractivity (Wildman–Crippen MR) is 68.3 cm³/mol. The molecule has 1 aromatic rings. The Morgan fingerprint density at radius 2 is 2.29 bits per heavy atom. The van der Waals surface area contributed by atoms with Gasteiger partial charge in [-0.15, -0.1) is 0 Å². The number of rotatable bonds is 3. The Kier molecular flexibility index (Phi) is 3.69. The van der Waals surface area contributed by atoms with Crippen LogP contribution < -0.4 is 10.2 Å². The van der Waals surface area contributed by atoms with Gasteiger partial charge in [0.25, 0.3) is 0 Å². The molecule has 1 fully saturated rings. The third kappa shape index (κ3) is 2.45. The van der Waals surface area contributed by atoms with E-state index in [-0.39, 0.29) is 0 Å². The standard InChI is InChI=1S/C12H22N4O/c1-9-8-16(5-6-17-9)12-11(7-13-3)10(2)14-15(12)4/h9,13H,5-8H2,1-4H3. The lowest BCUT2D eigenvalue weighted by Gasteiger charge is -2.33. The number of anilines is 1. The summed E-state index contributed by atoms with van der Waals surface area (Å²) in [6, 6.07) is 0. The van der Waals surface area contributed by atoms with Crippen LogP contribution in [0, 0.1) is 6.92 Å². The summed E-state index contributed by atoms with van der Waals surface area (Å²) in [5.74, 6) is 1.23. The summed E-state index contributed by atoms with van der Waals surface area (Å²) in [7, 11) is 3.99. The number of nitrogens with zero attached hydrogens (tertiary/aromatic N) is 3. The molecule has 96 valence electrons. The highest BCUT2D eigenvalue weighted by atomic mass is 16.5. The van der Waals surface area contributed by atoms with Crippen molar-refractivity contribution in [3.8, 4) is 0 Å². The van der Waals surface area contributed by atoms with E-state index >= 15 is 0 Å². The summed E-state index contributed by atoms with van der Waals surface area (Å²) >= 11 is 0. The van der Waals surface area contributed by atoms with Crippen LogP contribution in [0.25, 0.3) is 0 Å². The lowest BCUT2D eigenvalue weighted by atomic mass is 10.2. The SMILES string of the molecule is CNCc1c(C)nn(C)c1N1CCOC(C)C1. The number of morpholine rings is 1. The van der Waals surface area contributed by atoms with Gasteiger partial charge in [0.2, 0.25) is 0 Å².